The summed E-state index contributed by atoms with van der Waals surface area (Å²) < 4.78 is 5.13. The van der Waals surface area contributed by atoms with Crippen molar-refractivity contribution in [3.05, 3.63) is 59.7 Å². The van der Waals surface area contributed by atoms with Crippen LogP contribution in [0.5, 0.6) is 5.75 Å². The van der Waals surface area contributed by atoms with Crippen LogP contribution in [-0.4, -0.2) is 31.5 Å². The SMILES string of the molecule is COc1ccc(C(=O)N[C@H](CC(C)C)C(=O)N2CCc3ccccc32)cc1. The van der Waals surface area contributed by atoms with E-state index in [1.54, 1.807) is 36.3 Å². The zero-order chi connectivity index (χ0) is 19.4. The number of para-hydroxylation sites is 1. The van der Waals surface area contributed by atoms with E-state index in [2.05, 4.69) is 25.2 Å². The molecule has 2 amide bonds. The Morgan fingerprint density at radius 1 is 1.11 bits per heavy atom. The van der Waals surface area contributed by atoms with E-state index < -0.39 is 6.04 Å². The summed E-state index contributed by atoms with van der Waals surface area (Å²) in [4.78, 5) is 27.7. The van der Waals surface area contributed by atoms with Crippen LogP contribution >= 0.6 is 0 Å². The number of hydrogen-bond acceptors (Lipinski definition) is 3. The molecule has 0 aromatic heterocycles. The van der Waals surface area contributed by atoms with Gasteiger partial charge in [0.05, 0.1) is 7.11 Å². The highest BCUT2D eigenvalue weighted by Gasteiger charge is 2.31. The molecule has 0 unspecified atom stereocenters. The van der Waals surface area contributed by atoms with Crippen molar-refractivity contribution in [2.24, 2.45) is 5.92 Å². The second-order valence-electron chi connectivity index (χ2n) is 7.25. The summed E-state index contributed by atoms with van der Waals surface area (Å²) in [6, 6.07) is 14.3. The average molecular weight is 366 g/mol. The van der Waals surface area contributed by atoms with Gasteiger partial charge in [0.2, 0.25) is 5.91 Å². The van der Waals surface area contributed by atoms with Crippen LogP contribution in [0.3, 0.4) is 0 Å². The number of carbonyl (C=O) groups excluding carboxylic acids is 2. The maximum Gasteiger partial charge on any atom is 0.251 e. The molecule has 1 N–H and O–H groups in total. The Kier molecular flexibility index (Phi) is 5.79. The van der Waals surface area contributed by atoms with Crippen LogP contribution in [0.4, 0.5) is 5.69 Å². The first-order chi connectivity index (χ1) is 13.0. The highest BCUT2D eigenvalue weighted by molar-refractivity contribution is 6.03. The summed E-state index contributed by atoms with van der Waals surface area (Å²) in [5.41, 5.74) is 2.64. The van der Waals surface area contributed by atoms with E-state index in [1.165, 1.54) is 5.56 Å². The molecule has 1 heterocycles. The molecule has 5 nitrogen and oxygen atoms in total. The van der Waals surface area contributed by atoms with Gasteiger partial charge in [0, 0.05) is 17.8 Å². The Morgan fingerprint density at radius 2 is 1.81 bits per heavy atom. The predicted octanol–water partition coefficient (Wildman–Crippen LogP) is 3.43. The fourth-order valence-electron chi connectivity index (χ4n) is 3.43. The number of rotatable bonds is 6. The van der Waals surface area contributed by atoms with Gasteiger partial charge >= 0.3 is 0 Å². The number of nitrogens with one attached hydrogen (secondary N) is 1. The number of amides is 2. The van der Waals surface area contributed by atoms with Crippen molar-refractivity contribution in [1.29, 1.82) is 0 Å². The molecule has 0 aliphatic carbocycles. The fraction of sp³-hybridized carbons (Fsp3) is 0.364. The number of methoxy groups -OCH3 is 1. The van der Waals surface area contributed by atoms with Gasteiger partial charge in [0.15, 0.2) is 0 Å². The Hall–Kier alpha value is -2.82. The molecule has 5 heteroatoms. The summed E-state index contributed by atoms with van der Waals surface area (Å²) in [5, 5.41) is 2.94. The Bertz CT molecular complexity index is 815. The minimum absolute atomic E-state index is 0.0458. The molecule has 3 rings (SSSR count). The maximum atomic E-state index is 13.2. The van der Waals surface area contributed by atoms with Crippen LogP contribution in [0.25, 0.3) is 0 Å². The number of ether oxygens (including phenoxy) is 1. The van der Waals surface area contributed by atoms with Crippen molar-refractivity contribution in [3.8, 4) is 5.75 Å². The van der Waals surface area contributed by atoms with E-state index in [1.807, 2.05) is 18.2 Å². The third-order valence-corrected chi connectivity index (χ3v) is 4.82. The van der Waals surface area contributed by atoms with Gasteiger partial charge in [-0.1, -0.05) is 32.0 Å². The third kappa shape index (κ3) is 4.30. The average Bonchev–Trinajstić information content (AvgIpc) is 3.10. The summed E-state index contributed by atoms with van der Waals surface area (Å²) in [7, 11) is 1.58. The smallest absolute Gasteiger partial charge is 0.251 e. The van der Waals surface area contributed by atoms with Crippen molar-refractivity contribution < 1.29 is 14.3 Å². The third-order valence-electron chi connectivity index (χ3n) is 4.82. The largest absolute Gasteiger partial charge is 0.497 e. The van der Waals surface area contributed by atoms with Crippen LogP contribution < -0.4 is 15.0 Å². The standard InChI is InChI=1S/C22H26N2O3/c1-15(2)14-19(23-21(25)17-8-10-18(27-3)11-9-17)22(26)24-13-12-16-6-4-5-7-20(16)24/h4-11,15,19H,12-14H2,1-3H3,(H,23,25)/t19-/m1/s1. The first-order valence-corrected chi connectivity index (χ1v) is 9.33. The lowest BCUT2D eigenvalue weighted by molar-refractivity contribution is -0.120. The molecule has 1 atom stereocenters. The molecule has 0 radical (unpaired) electrons. The lowest BCUT2D eigenvalue weighted by Crippen LogP contribution is -2.49. The molecule has 0 fully saturated rings. The van der Waals surface area contributed by atoms with Gasteiger partial charge in [-0.05, 0) is 54.7 Å². The molecule has 2 aromatic rings. The highest BCUT2D eigenvalue weighted by atomic mass is 16.5. The van der Waals surface area contributed by atoms with Crippen LogP contribution in [0.15, 0.2) is 48.5 Å². The zero-order valence-electron chi connectivity index (χ0n) is 16.1. The van der Waals surface area contributed by atoms with E-state index >= 15 is 0 Å². The number of carbonyl (C=O) groups is 2. The van der Waals surface area contributed by atoms with Gasteiger partial charge < -0.3 is 15.0 Å². The molecule has 0 bridgehead atoms. The normalized spacial score (nSPS) is 14.0. The van der Waals surface area contributed by atoms with Crippen LogP contribution in [0, 0.1) is 5.92 Å². The van der Waals surface area contributed by atoms with E-state index in [9.17, 15) is 9.59 Å². The van der Waals surface area contributed by atoms with Gasteiger partial charge in [0.25, 0.3) is 5.91 Å². The Labute approximate surface area is 160 Å². The number of benzene rings is 2. The van der Waals surface area contributed by atoms with E-state index in [-0.39, 0.29) is 17.7 Å². The van der Waals surface area contributed by atoms with Crippen LogP contribution in [0.2, 0.25) is 0 Å². The molecule has 2 aromatic carbocycles. The number of fused-ring (bicyclic) bond motifs is 1. The summed E-state index contributed by atoms with van der Waals surface area (Å²) in [5.74, 6) is 0.683. The van der Waals surface area contributed by atoms with E-state index in [4.69, 9.17) is 4.74 Å². The fourth-order valence-corrected chi connectivity index (χ4v) is 3.43. The van der Waals surface area contributed by atoms with Gasteiger partial charge in [-0.25, -0.2) is 0 Å². The lowest BCUT2D eigenvalue weighted by Gasteiger charge is -2.26. The number of anilines is 1. The van der Waals surface area contributed by atoms with E-state index in [0.717, 1.165) is 12.1 Å². The number of nitrogens with zero attached hydrogens (tertiary/aromatic N) is 1. The van der Waals surface area contributed by atoms with Gasteiger partial charge in [-0.15, -0.1) is 0 Å². The Balaban J connectivity index is 1.77. The summed E-state index contributed by atoms with van der Waals surface area (Å²) in [6.45, 7) is 4.76. The van der Waals surface area contributed by atoms with Gasteiger partial charge in [-0.2, -0.15) is 0 Å². The van der Waals surface area contributed by atoms with Crippen molar-refractivity contribution in [2.45, 2.75) is 32.7 Å². The van der Waals surface area contributed by atoms with Crippen molar-refractivity contribution >= 4 is 17.5 Å². The molecule has 142 valence electrons. The Morgan fingerprint density at radius 3 is 2.48 bits per heavy atom. The number of hydrogen-bond donors (Lipinski definition) is 1. The van der Waals surface area contributed by atoms with Crippen LogP contribution in [-0.2, 0) is 11.2 Å². The quantitative estimate of drug-likeness (QED) is 0.852. The molecular formula is C22H26N2O3. The van der Waals surface area contributed by atoms with Gasteiger partial charge in [0.1, 0.15) is 11.8 Å². The second kappa shape index (κ2) is 8.25. The molecule has 1 aliphatic rings. The highest BCUT2D eigenvalue weighted by Crippen LogP contribution is 2.28. The van der Waals surface area contributed by atoms with Gasteiger partial charge in [-0.3, -0.25) is 9.59 Å². The zero-order valence-corrected chi connectivity index (χ0v) is 16.1. The minimum Gasteiger partial charge on any atom is -0.497 e. The molecule has 0 saturated carbocycles. The summed E-state index contributed by atoms with van der Waals surface area (Å²) in [6.07, 6.45) is 1.45. The van der Waals surface area contributed by atoms with E-state index in [0.29, 0.717) is 24.3 Å². The first kappa shape index (κ1) is 19.0. The van der Waals surface area contributed by atoms with Crippen molar-refractivity contribution in [2.75, 3.05) is 18.6 Å². The van der Waals surface area contributed by atoms with Crippen molar-refractivity contribution in [3.63, 3.8) is 0 Å². The van der Waals surface area contributed by atoms with Crippen molar-refractivity contribution in [1.82, 2.24) is 5.32 Å². The molecule has 0 saturated heterocycles. The molecule has 0 spiro atoms. The maximum absolute atomic E-state index is 13.2. The molecule has 27 heavy (non-hydrogen) atoms. The molecule has 1 aliphatic heterocycles. The first-order valence-electron chi connectivity index (χ1n) is 9.33. The minimum atomic E-state index is -0.550. The monoisotopic (exact) mass is 366 g/mol. The lowest BCUT2D eigenvalue weighted by atomic mass is 10.0. The second-order valence-corrected chi connectivity index (χ2v) is 7.25. The van der Waals surface area contributed by atoms with Crippen LogP contribution in [0.1, 0.15) is 36.2 Å². The summed E-state index contributed by atoms with van der Waals surface area (Å²) >= 11 is 0. The molecular weight excluding hydrogens is 340 g/mol. The topological polar surface area (TPSA) is 58.6 Å². The predicted molar refractivity (Wildman–Crippen MR) is 106 cm³/mol.